The third kappa shape index (κ3) is 4.87. The molecule has 0 aliphatic carbocycles. The summed E-state index contributed by atoms with van der Waals surface area (Å²) in [5.74, 6) is 0.187. The van der Waals surface area contributed by atoms with Gasteiger partial charge in [0, 0.05) is 6.07 Å². The molecule has 0 spiro atoms. The SMILES string of the molecule is CCS(=O)(=O)c1ccc(O)c(NC(=O)COc2cccc(OC)c2)c1. The highest BCUT2D eigenvalue weighted by molar-refractivity contribution is 7.91. The zero-order valence-electron chi connectivity index (χ0n) is 13.9. The molecule has 2 N–H and O–H groups in total. The highest BCUT2D eigenvalue weighted by Crippen LogP contribution is 2.27. The van der Waals surface area contributed by atoms with E-state index in [4.69, 9.17) is 9.47 Å². The van der Waals surface area contributed by atoms with Crippen LogP contribution in [-0.2, 0) is 14.6 Å². The molecule has 2 aromatic carbocycles. The van der Waals surface area contributed by atoms with E-state index >= 15 is 0 Å². The zero-order valence-corrected chi connectivity index (χ0v) is 14.7. The number of methoxy groups -OCH3 is 1. The molecular weight excluding hydrogens is 346 g/mol. The van der Waals surface area contributed by atoms with Crippen molar-refractivity contribution in [3.8, 4) is 17.2 Å². The molecule has 134 valence electrons. The van der Waals surface area contributed by atoms with Gasteiger partial charge in [-0.2, -0.15) is 0 Å². The topological polar surface area (TPSA) is 102 Å². The number of hydrogen-bond donors (Lipinski definition) is 2. The predicted molar refractivity (Wildman–Crippen MR) is 93.0 cm³/mol. The van der Waals surface area contributed by atoms with E-state index in [0.29, 0.717) is 11.5 Å². The highest BCUT2D eigenvalue weighted by Gasteiger charge is 2.15. The molecule has 25 heavy (non-hydrogen) atoms. The average molecular weight is 365 g/mol. The first kappa shape index (κ1) is 18.6. The van der Waals surface area contributed by atoms with E-state index in [9.17, 15) is 18.3 Å². The first-order chi connectivity index (χ1) is 11.9. The van der Waals surface area contributed by atoms with E-state index in [2.05, 4.69) is 5.32 Å². The van der Waals surface area contributed by atoms with Gasteiger partial charge >= 0.3 is 0 Å². The maximum absolute atomic E-state index is 12.0. The molecule has 0 aliphatic heterocycles. The van der Waals surface area contributed by atoms with Crippen molar-refractivity contribution < 1.29 is 27.8 Å². The number of nitrogens with one attached hydrogen (secondary N) is 1. The molecule has 0 fully saturated rings. The molecule has 0 radical (unpaired) electrons. The molecule has 0 unspecified atom stereocenters. The van der Waals surface area contributed by atoms with Crippen LogP contribution >= 0.6 is 0 Å². The van der Waals surface area contributed by atoms with Gasteiger partial charge in [0.2, 0.25) is 0 Å². The number of rotatable bonds is 7. The lowest BCUT2D eigenvalue weighted by atomic mass is 10.3. The van der Waals surface area contributed by atoms with Crippen molar-refractivity contribution in [2.24, 2.45) is 0 Å². The summed E-state index contributed by atoms with van der Waals surface area (Å²) in [6.07, 6.45) is 0. The fraction of sp³-hybridized carbons (Fsp3) is 0.235. The summed E-state index contributed by atoms with van der Waals surface area (Å²) in [4.78, 5) is 12.0. The number of phenolic OH excluding ortho intramolecular Hbond substituents is 1. The van der Waals surface area contributed by atoms with Crippen molar-refractivity contribution in [1.82, 2.24) is 0 Å². The van der Waals surface area contributed by atoms with Crippen LogP contribution in [0.3, 0.4) is 0 Å². The van der Waals surface area contributed by atoms with Crippen molar-refractivity contribution in [3.63, 3.8) is 0 Å². The molecule has 0 aliphatic rings. The number of benzene rings is 2. The van der Waals surface area contributed by atoms with Gasteiger partial charge in [0.25, 0.3) is 5.91 Å². The van der Waals surface area contributed by atoms with Gasteiger partial charge < -0.3 is 19.9 Å². The summed E-state index contributed by atoms with van der Waals surface area (Å²) in [5.41, 5.74) is 0.00812. The summed E-state index contributed by atoms with van der Waals surface area (Å²) >= 11 is 0. The van der Waals surface area contributed by atoms with Crippen LogP contribution < -0.4 is 14.8 Å². The molecule has 8 heteroatoms. The summed E-state index contributed by atoms with van der Waals surface area (Å²) in [7, 11) is -1.92. The van der Waals surface area contributed by atoms with Crippen LogP contribution in [0.1, 0.15) is 6.92 Å². The van der Waals surface area contributed by atoms with E-state index in [1.54, 1.807) is 24.3 Å². The van der Waals surface area contributed by atoms with Crippen molar-refractivity contribution in [2.45, 2.75) is 11.8 Å². The minimum atomic E-state index is -3.44. The Morgan fingerprint density at radius 2 is 1.88 bits per heavy atom. The number of carbonyl (C=O) groups excluding carboxylic acids is 1. The lowest BCUT2D eigenvalue weighted by Crippen LogP contribution is -2.20. The molecule has 2 aromatic rings. The fourth-order valence-electron chi connectivity index (χ4n) is 2.00. The van der Waals surface area contributed by atoms with Crippen LogP contribution in [0.5, 0.6) is 17.2 Å². The third-order valence-electron chi connectivity index (χ3n) is 3.39. The molecule has 0 heterocycles. The first-order valence-corrected chi connectivity index (χ1v) is 9.13. The van der Waals surface area contributed by atoms with E-state index in [-0.39, 0.29) is 28.7 Å². The molecule has 7 nitrogen and oxygen atoms in total. The standard InChI is InChI=1S/C17H19NO6S/c1-3-25(21,22)14-7-8-16(19)15(10-14)18-17(20)11-24-13-6-4-5-12(9-13)23-2/h4-10,19H,3,11H2,1-2H3,(H,18,20). The second-order valence-corrected chi connectivity index (χ2v) is 7.38. The Morgan fingerprint density at radius 3 is 2.56 bits per heavy atom. The quantitative estimate of drug-likeness (QED) is 0.730. The van der Waals surface area contributed by atoms with Crippen LogP contribution in [0.4, 0.5) is 5.69 Å². The van der Waals surface area contributed by atoms with Gasteiger partial charge in [0.05, 0.1) is 23.4 Å². The Bertz CT molecular complexity index is 863. The highest BCUT2D eigenvalue weighted by atomic mass is 32.2. The van der Waals surface area contributed by atoms with Crippen LogP contribution in [-0.4, -0.2) is 38.9 Å². The molecule has 1 amide bonds. The minimum absolute atomic E-state index is 0.00812. The minimum Gasteiger partial charge on any atom is -0.506 e. The summed E-state index contributed by atoms with van der Waals surface area (Å²) in [5, 5.41) is 12.2. The maximum Gasteiger partial charge on any atom is 0.262 e. The Morgan fingerprint density at radius 1 is 1.16 bits per heavy atom. The van der Waals surface area contributed by atoms with Crippen LogP contribution in [0.25, 0.3) is 0 Å². The summed E-state index contributed by atoms with van der Waals surface area (Å²) in [6, 6.07) is 10.5. The monoisotopic (exact) mass is 365 g/mol. The van der Waals surface area contributed by atoms with Gasteiger partial charge in [0.1, 0.15) is 17.2 Å². The number of hydrogen-bond acceptors (Lipinski definition) is 6. The van der Waals surface area contributed by atoms with Gasteiger partial charge in [-0.1, -0.05) is 13.0 Å². The van der Waals surface area contributed by atoms with Gasteiger partial charge in [-0.3, -0.25) is 4.79 Å². The van der Waals surface area contributed by atoms with E-state index in [0.717, 1.165) is 0 Å². The van der Waals surface area contributed by atoms with Crippen molar-refractivity contribution >= 4 is 21.4 Å². The number of sulfone groups is 1. The van der Waals surface area contributed by atoms with Crippen LogP contribution in [0.15, 0.2) is 47.4 Å². The number of aromatic hydroxyl groups is 1. The molecule has 0 bridgehead atoms. The number of ether oxygens (including phenoxy) is 2. The molecule has 0 saturated carbocycles. The van der Waals surface area contributed by atoms with Gasteiger partial charge in [-0.15, -0.1) is 0 Å². The largest absolute Gasteiger partial charge is 0.506 e. The fourth-order valence-corrected chi connectivity index (χ4v) is 2.91. The molecule has 0 atom stereocenters. The summed E-state index contributed by atoms with van der Waals surface area (Å²) in [6.45, 7) is 1.21. The third-order valence-corrected chi connectivity index (χ3v) is 5.12. The van der Waals surface area contributed by atoms with Gasteiger partial charge in [-0.05, 0) is 30.3 Å². The lowest BCUT2D eigenvalue weighted by molar-refractivity contribution is -0.118. The smallest absolute Gasteiger partial charge is 0.262 e. The lowest BCUT2D eigenvalue weighted by Gasteiger charge is -2.11. The second-order valence-electron chi connectivity index (χ2n) is 5.10. The maximum atomic E-state index is 12.0. The Labute approximate surface area is 146 Å². The van der Waals surface area contributed by atoms with Gasteiger partial charge in [0.15, 0.2) is 16.4 Å². The van der Waals surface area contributed by atoms with E-state index < -0.39 is 15.7 Å². The van der Waals surface area contributed by atoms with Crippen molar-refractivity contribution in [3.05, 3.63) is 42.5 Å². The number of phenols is 1. The molecule has 0 aromatic heterocycles. The predicted octanol–water partition coefficient (Wildman–Crippen LogP) is 2.21. The number of anilines is 1. The van der Waals surface area contributed by atoms with Crippen LogP contribution in [0, 0.1) is 0 Å². The van der Waals surface area contributed by atoms with Crippen molar-refractivity contribution in [1.29, 1.82) is 0 Å². The van der Waals surface area contributed by atoms with Crippen LogP contribution in [0.2, 0.25) is 0 Å². The Hall–Kier alpha value is -2.74. The molecule has 2 rings (SSSR count). The Balaban J connectivity index is 2.06. The number of amides is 1. The number of carbonyl (C=O) groups is 1. The average Bonchev–Trinajstić information content (AvgIpc) is 2.62. The van der Waals surface area contributed by atoms with E-state index in [1.807, 2.05) is 0 Å². The molecular formula is C17H19NO6S. The van der Waals surface area contributed by atoms with Gasteiger partial charge in [-0.25, -0.2) is 8.42 Å². The Kier molecular flexibility index (Phi) is 5.87. The zero-order chi connectivity index (χ0) is 18.4. The molecule has 0 saturated heterocycles. The summed E-state index contributed by atoms with van der Waals surface area (Å²) < 4.78 is 34.2. The van der Waals surface area contributed by atoms with E-state index in [1.165, 1.54) is 32.2 Å². The van der Waals surface area contributed by atoms with Crippen molar-refractivity contribution in [2.75, 3.05) is 24.8 Å². The first-order valence-electron chi connectivity index (χ1n) is 7.48. The normalized spacial score (nSPS) is 11.0. The second kappa shape index (κ2) is 7.89.